The molecule has 0 fully saturated rings. The van der Waals surface area contributed by atoms with Crippen molar-refractivity contribution in [1.82, 2.24) is 10.6 Å². The topological polar surface area (TPSA) is 58.2 Å². The summed E-state index contributed by atoms with van der Waals surface area (Å²) in [5.74, 6) is -0.133. The van der Waals surface area contributed by atoms with E-state index in [1.807, 2.05) is 49.4 Å². The molecule has 2 aromatic carbocycles. The maximum Gasteiger partial charge on any atom is 0.251 e. The Hall–Kier alpha value is -2.88. The van der Waals surface area contributed by atoms with Gasteiger partial charge >= 0.3 is 0 Å². The average Bonchev–Trinajstić information content (AvgIpc) is 2.65. The van der Waals surface area contributed by atoms with Crippen LogP contribution in [0.3, 0.4) is 0 Å². The van der Waals surface area contributed by atoms with Crippen molar-refractivity contribution in [3.8, 4) is 0 Å². The Morgan fingerprint density at radius 2 is 1.32 bits per heavy atom. The van der Waals surface area contributed by atoms with Gasteiger partial charge in [0.1, 0.15) is 0 Å². The van der Waals surface area contributed by atoms with E-state index in [0.717, 1.165) is 18.4 Å². The molecule has 0 saturated carbocycles. The fourth-order valence-electron chi connectivity index (χ4n) is 3.06. The molecule has 1 aliphatic carbocycles. The molecule has 0 radical (unpaired) electrons. The van der Waals surface area contributed by atoms with Gasteiger partial charge in [0.2, 0.25) is 0 Å². The van der Waals surface area contributed by atoms with Crippen LogP contribution in [0.4, 0.5) is 0 Å². The summed E-state index contributed by atoms with van der Waals surface area (Å²) < 4.78 is 0. The van der Waals surface area contributed by atoms with E-state index >= 15 is 0 Å². The molecule has 2 amide bonds. The van der Waals surface area contributed by atoms with Gasteiger partial charge in [-0.05, 0) is 44.0 Å². The highest BCUT2D eigenvalue weighted by molar-refractivity contribution is 5.95. The number of nitrogens with one attached hydrogen (secondary N) is 2. The van der Waals surface area contributed by atoms with Crippen LogP contribution < -0.4 is 10.6 Å². The van der Waals surface area contributed by atoms with Crippen molar-refractivity contribution in [2.75, 3.05) is 0 Å². The zero-order valence-electron chi connectivity index (χ0n) is 14.2. The monoisotopic (exact) mass is 334 g/mol. The molecule has 25 heavy (non-hydrogen) atoms. The SMILES string of the molecule is CC1=C[C@@H](NC(=O)c2ccccc2)CC[C@H]1NC(=O)c1ccccc1. The van der Waals surface area contributed by atoms with Gasteiger partial charge in [-0.2, -0.15) is 0 Å². The number of rotatable bonds is 4. The van der Waals surface area contributed by atoms with Crippen LogP contribution in [0.15, 0.2) is 72.3 Å². The van der Waals surface area contributed by atoms with E-state index in [-0.39, 0.29) is 23.9 Å². The van der Waals surface area contributed by atoms with Crippen LogP contribution in [0.2, 0.25) is 0 Å². The molecule has 2 N–H and O–H groups in total. The molecule has 2 atom stereocenters. The van der Waals surface area contributed by atoms with Gasteiger partial charge < -0.3 is 10.6 Å². The Morgan fingerprint density at radius 3 is 1.84 bits per heavy atom. The predicted molar refractivity (Wildman–Crippen MR) is 98.4 cm³/mol. The van der Waals surface area contributed by atoms with E-state index in [4.69, 9.17) is 0 Å². The first kappa shape index (κ1) is 17.0. The Kier molecular flexibility index (Phi) is 5.29. The second-order valence-electron chi connectivity index (χ2n) is 6.33. The molecule has 2 aromatic rings. The third-order valence-corrected chi connectivity index (χ3v) is 4.47. The Bertz CT molecular complexity index is 769. The summed E-state index contributed by atoms with van der Waals surface area (Å²) in [6.45, 7) is 2.00. The highest BCUT2D eigenvalue weighted by Gasteiger charge is 2.23. The zero-order chi connectivity index (χ0) is 17.6. The standard InChI is InChI=1S/C21H22N2O2/c1-15-14-18(22-20(24)16-8-4-2-5-9-16)12-13-19(15)23-21(25)17-10-6-3-7-11-17/h2-11,14,18-19H,12-13H2,1H3,(H,22,24)(H,23,25)/t18-,19+/m0/s1. The molecule has 0 heterocycles. The summed E-state index contributed by atoms with van der Waals surface area (Å²) in [6, 6.07) is 18.4. The highest BCUT2D eigenvalue weighted by atomic mass is 16.2. The summed E-state index contributed by atoms with van der Waals surface area (Å²) in [6.07, 6.45) is 3.65. The summed E-state index contributed by atoms with van der Waals surface area (Å²) in [7, 11) is 0. The second kappa shape index (κ2) is 7.79. The second-order valence-corrected chi connectivity index (χ2v) is 6.33. The number of carbonyl (C=O) groups excluding carboxylic acids is 2. The Labute approximate surface area is 148 Å². The van der Waals surface area contributed by atoms with Gasteiger partial charge in [0.25, 0.3) is 11.8 Å². The van der Waals surface area contributed by atoms with E-state index in [1.54, 1.807) is 24.3 Å². The summed E-state index contributed by atoms with van der Waals surface area (Å²) >= 11 is 0. The molecule has 0 saturated heterocycles. The van der Waals surface area contributed by atoms with Crippen LogP contribution in [0.1, 0.15) is 40.5 Å². The number of hydrogen-bond acceptors (Lipinski definition) is 2. The molecule has 4 heteroatoms. The van der Waals surface area contributed by atoms with Gasteiger partial charge in [-0.15, -0.1) is 0 Å². The lowest BCUT2D eigenvalue weighted by Gasteiger charge is -2.28. The lowest BCUT2D eigenvalue weighted by molar-refractivity contribution is 0.0920. The quantitative estimate of drug-likeness (QED) is 0.843. The lowest BCUT2D eigenvalue weighted by atomic mass is 9.91. The summed E-state index contributed by atoms with van der Waals surface area (Å²) in [5.41, 5.74) is 2.40. The van der Waals surface area contributed by atoms with Crippen molar-refractivity contribution in [2.45, 2.75) is 31.8 Å². The molecule has 1 aliphatic rings. The van der Waals surface area contributed by atoms with Crippen LogP contribution in [0.5, 0.6) is 0 Å². The molecule has 128 valence electrons. The van der Waals surface area contributed by atoms with Gasteiger partial charge in [-0.25, -0.2) is 0 Å². The van der Waals surface area contributed by atoms with Crippen molar-refractivity contribution in [2.24, 2.45) is 0 Å². The molecular weight excluding hydrogens is 312 g/mol. The Morgan fingerprint density at radius 1 is 0.800 bits per heavy atom. The third-order valence-electron chi connectivity index (χ3n) is 4.47. The number of amides is 2. The zero-order valence-corrected chi connectivity index (χ0v) is 14.2. The smallest absolute Gasteiger partial charge is 0.251 e. The fourth-order valence-corrected chi connectivity index (χ4v) is 3.06. The van der Waals surface area contributed by atoms with Crippen LogP contribution in [-0.2, 0) is 0 Å². The summed E-state index contributed by atoms with van der Waals surface area (Å²) in [4.78, 5) is 24.5. The minimum atomic E-state index is -0.0681. The normalized spacial score (nSPS) is 19.6. The lowest BCUT2D eigenvalue weighted by Crippen LogP contribution is -2.42. The van der Waals surface area contributed by atoms with E-state index in [2.05, 4.69) is 10.6 Å². The van der Waals surface area contributed by atoms with Crippen LogP contribution in [0, 0.1) is 0 Å². The maximum atomic E-state index is 12.3. The molecule has 0 aliphatic heterocycles. The maximum absolute atomic E-state index is 12.3. The van der Waals surface area contributed by atoms with Crippen LogP contribution in [0.25, 0.3) is 0 Å². The highest BCUT2D eigenvalue weighted by Crippen LogP contribution is 2.19. The van der Waals surface area contributed by atoms with Crippen molar-refractivity contribution in [1.29, 1.82) is 0 Å². The first-order valence-corrected chi connectivity index (χ1v) is 8.53. The van der Waals surface area contributed by atoms with Crippen molar-refractivity contribution in [3.63, 3.8) is 0 Å². The fraction of sp³-hybridized carbons (Fsp3) is 0.238. The summed E-state index contributed by atoms with van der Waals surface area (Å²) in [5, 5.41) is 6.11. The predicted octanol–water partition coefficient (Wildman–Crippen LogP) is 3.32. The van der Waals surface area contributed by atoms with Gasteiger partial charge in [0, 0.05) is 17.2 Å². The van der Waals surface area contributed by atoms with Crippen molar-refractivity contribution >= 4 is 11.8 Å². The minimum Gasteiger partial charge on any atom is -0.346 e. The molecule has 0 aromatic heterocycles. The van der Waals surface area contributed by atoms with Crippen LogP contribution >= 0.6 is 0 Å². The van der Waals surface area contributed by atoms with E-state index in [1.165, 1.54) is 0 Å². The van der Waals surface area contributed by atoms with E-state index in [0.29, 0.717) is 11.1 Å². The van der Waals surface area contributed by atoms with Crippen LogP contribution in [-0.4, -0.2) is 23.9 Å². The first-order chi connectivity index (χ1) is 12.1. The van der Waals surface area contributed by atoms with Crippen molar-refractivity contribution in [3.05, 3.63) is 83.4 Å². The molecule has 0 spiro atoms. The largest absolute Gasteiger partial charge is 0.346 e. The molecule has 3 rings (SSSR count). The van der Waals surface area contributed by atoms with Gasteiger partial charge in [0.15, 0.2) is 0 Å². The first-order valence-electron chi connectivity index (χ1n) is 8.53. The van der Waals surface area contributed by atoms with E-state index < -0.39 is 0 Å². The van der Waals surface area contributed by atoms with Gasteiger partial charge in [0.05, 0.1) is 6.04 Å². The number of carbonyl (C=O) groups is 2. The van der Waals surface area contributed by atoms with Crippen molar-refractivity contribution < 1.29 is 9.59 Å². The van der Waals surface area contributed by atoms with E-state index in [9.17, 15) is 9.59 Å². The molecule has 0 unspecified atom stereocenters. The number of benzene rings is 2. The van der Waals surface area contributed by atoms with Gasteiger partial charge in [-0.1, -0.05) is 48.0 Å². The van der Waals surface area contributed by atoms with Gasteiger partial charge in [-0.3, -0.25) is 9.59 Å². The molecule has 0 bridgehead atoms. The number of hydrogen-bond donors (Lipinski definition) is 2. The Balaban J connectivity index is 1.60. The average molecular weight is 334 g/mol. The molecular formula is C21H22N2O2. The molecule has 4 nitrogen and oxygen atoms in total. The minimum absolute atomic E-state index is 0.00224. The third kappa shape index (κ3) is 4.35.